The van der Waals surface area contributed by atoms with Crippen LogP contribution in [0, 0.1) is 0 Å². The third-order valence-corrected chi connectivity index (χ3v) is 6.15. The zero-order chi connectivity index (χ0) is 28.3. The second-order valence-electron chi connectivity index (χ2n) is 5.75. The van der Waals surface area contributed by atoms with E-state index >= 15 is 0 Å². The molecule has 0 spiro atoms. The van der Waals surface area contributed by atoms with E-state index < -0.39 is 0 Å². The van der Waals surface area contributed by atoms with Crippen LogP contribution in [0.15, 0.2) is 0 Å². The van der Waals surface area contributed by atoms with Gasteiger partial charge in [0.15, 0.2) is 0 Å². The predicted octanol–water partition coefficient (Wildman–Crippen LogP) is 4.52. The molecule has 0 rings (SSSR count). The van der Waals surface area contributed by atoms with Gasteiger partial charge in [0.05, 0.1) is 0 Å². The van der Waals surface area contributed by atoms with Crippen molar-refractivity contribution < 1.29 is 23.2 Å². The van der Waals surface area contributed by atoms with Gasteiger partial charge in [0.2, 0.25) is 0 Å². The van der Waals surface area contributed by atoms with Crippen LogP contribution in [-0.4, -0.2) is 89.2 Å². The maximum atomic E-state index is 8.26. The Morgan fingerprint density at radius 3 is 0.529 bits per heavy atom. The predicted molar refractivity (Wildman–Crippen MR) is 172 cm³/mol. The molecule has 0 heterocycles. The van der Waals surface area contributed by atoms with Gasteiger partial charge in [-0.2, -0.15) is 0 Å². The van der Waals surface area contributed by atoms with Gasteiger partial charge in [0.1, 0.15) is 0 Å². The Bertz CT molecular complexity index is 429. The first-order valence-electron chi connectivity index (χ1n) is 10.9. The van der Waals surface area contributed by atoms with Crippen LogP contribution in [0.25, 0.3) is 0 Å². The summed E-state index contributed by atoms with van der Waals surface area (Å²) in [6.45, 7) is 23.8. The zero-order valence-electron chi connectivity index (χ0n) is 21.5. The molecular weight excluding hydrogens is 665 g/mol. The summed E-state index contributed by atoms with van der Waals surface area (Å²) in [5, 5.41) is 0. The molecule has 0 N–H and O–H groups in total. The molecule has 0 bridgehead atoms. The molecule has 0 amide bonds. The van der Waals surface area contributed by atoms with Crippen LogP contribution < -0.4 is 0 Å². The second kappa shape index (κ2) is 33.9. The second-order valence-corrected chi connectivity index (χ2v) is 9.88. The van der Waals surface area contributed by atoms with Crippen molar-refractivity contribution in [1.29, 1.82) is 0 Å². The number of rotatable bonds is 8. The Labute approximate surface area is 264 Å². The van der Waals surface area contributed by atoms with Gasteiger partial charge in [0.25, 0.3) is 0 Å². The standard InChI is InChI=1S/4C5H11NS2.Mo.O/c4*1-3-6(4-2)5(7)8;;/h4*3-4H2,1-2H3,(H,7,8);;/q;;;;+4;/p-4. The molecule has 0 unspecified atom stereocenters. The van der Waals surface area contributed by atoms with E-state index in [1.807, 2.05) is 75.0 Å². The van der Waals surface area contributed by atoms with Gasteiger partial charge in [-0.15, -0.1) is 0 Å². The average Bonchev–Trinajstić information content (AvgIpc) is 2.79. The summed E-state index contributed by atoms with van der Waals surface area (Å²) in [5.74, 6) is 0. The molecule has 0 aromatic carbocycles. The number of hydrogen-bond acceptors (Lipinski definition) is 9. The fraction of sp³-hybridized carbons (Fsp3) is 0.800. The van der Waals surface area contributed by atoms with Crippen molar-refractivity contribution in [2.45, 2.75) is 55.4 Å². The fourth-order valence-electron chi connectivity index (χ4n) is 1.93. The van der Waals surface area contributed by atoms with E-state index in [0.717, 1.165) is 52.4 Å². The minimum absolute atomic E-state index is 0.579. The van der Waals surface area contributed by atoms with Crippen molar-refractivity contribution in [3.8, 4) is 0 Å². The summed E-state index contributed by atoms with van der Waals surface area (Å²) < 4.78 is 10.6. The third kappa shape index (κ3) is 31.0. The summed E-state index contributed by atoms with van der Waals surface area (Å²) >= 11 is 38.7. The van der Waals surface area contributed by atoms with Crippen molar-refractivity contribution in [2.75, 3.05) is 52.4 Å². The first kappa shape index (κ1) is 44.9. The van der Waals surface area contributed by atoms with Gasteiger partial charge in [-0.3, -0.25) is 0 Å². The van der Waals surface area contributed by atoms with Crippen LogP contribution in [0.1, 0.15) is 55.4 Å². The van der Waals surface area contributed by atoms with Crippen LogP contribution in [0.2, 0.25) is 0 Å². The van der Waals surface area contributed by atoms with Crippen LogP contribution >= 0.6 is 48.9 Å². The minimum atomic E-state index is 0.579. The first-order chi connectivity index (χ1) is 15.9. The maximum absolute atomic E-state index is 8.26. The SMILES string of the molecule is CCN(CC)C(=S)[S-].CCN(CC)C(=S)[S-].CCN(CC)C(=S)[S-].CCN(CC)C(=S)[S-].[O]=[Mo+4]. The van der Waals surface area contributed by atoms with E-state index in [9.17, 15) is 0 Å². The number of nitrogens with zero attached hydrogens (tertiary/aromatic N) is 4. The van der Waals surface area contributed by atoms with Gasteiger partial charge < -0.3 is 119 Å². The van der Waals surface area contributed by atoms with Gasteiger partial charge in [-0.05, 0) is 55.4 Å². The molecule has 0 aliphatic carbocycles. The Morgan fingerprint density at radius 1 is 0.441 bits per heavy atom. The normalized spacial score (nSPS) is 8.41. The summed E-state index contributed by atoms with van der Waals surface area (Å²) in [7, 11) is 0. The Balaban J connectivity index is -0.000000107. The Hall–Kier alpha value is 0.928. The van der Waals surface area contributed by atoms with Crippen molar-refractivity contribution in [1.82, 2.24) is 19.6 Å². The van der Waals surface area contributed by atoms with E-state index in [1.165, 1.54) is 0 Å². The van der Waals surface area contributed by atoms with Crippen molar-refractivity contribution in [2.24, 2.45) is 0 Å². The molecule has 0 aliphatic heterocycles. The Kier molecular flexibility index (Phi) is 44.8. The third-order valence-electron chi connectivity index (χ3n) is 4.09. The van der Waals surface area contributed by atoms with Crippen molar-refractivity contribution in [3.05, 3.63) is 0 Å². The van der Waals surface area contributed by atoms with E-state index in [-0.39, 0.29) is 0 Å². The van der Waals surface area contributed by atoms with Crippen molar-refractivity contribution in [3.63, 3.8) is 0 Å². The molecule has 5 nitrogen and oxygen atoms in total. The summed E-state index contributed by atoms with van der Waals surface area (Å²) in [6, 6.07) is 0. The fourth-order valence-corrected chi connectivity index (χ4v) is 3.99. The van der Waals surface area contributed by atoms with E-state index in [1.54, 1.807) is 0 Å². The van der Waals surface area contributed by atoms with Crippen LogP contribution in [-0.2, 0) is 73.7 Å². The molecule has 0 saturated heterocycles. The summed E-state index contributed by atoms with van der Waals surface area (Å²) in [4.78, 5) is 7.85. The Morgan fingerprint density at radius 2 is 0.529 bits per heavy atom. The van der Waals surface area contributed by atoms with Gasteiger partial charge in [0, 0.05) is 52.4 Å². The molecule has 34 heavy (non-hydrogen) atoms. The zero-order valence-corrected chi connectivity index (χ0v) is 30.1. The molecule has 0 aromatic rings. The quantitative estimate of drug-likeness (QED) is 0.202. The number of hydrogen-bond donors (Lipinski definition) is 0. The molecule has 0 fully saturated rings. The summed E-state index contributed by atoms with van der Waals surface area (Å²) in [5.41, 5.74) is 0. The van der Waals surface area contributed by atoms with Crippen molar-refractivity contribution >= 4 is 117 Å². The van der Waals surface area contributed by atoms with E-state index in [4.69, 9.17) is 103 Å². The molecule has 0 radical (unpaired) electrons. The first-order valence-corrected chi connectivity index (χ1v) is 15.0. The van der Waals surface area contributed by atoms with Gasteiger partial charge in [-0.1, -0.05) is 17.3 Å². The van der Waals surface area contributed by atoms with Gasteiger partial charge >= 0.3 is 23.2 Å². The van der Waals surface area contributed by atoms with E-state index in [0.29, 0.717) is 37.1 Å². The van der Waals surface area contributed by atoms with E-state index in [2.05, 4.69) is 0 Å². The molecular formula is C20H40MoN4OS8. The summed E-state index contributed by atoms with van der Waals surface area (Å²) in [6.07, 6.45) is 0. The van der Waals surface area contributed by atoms with Crippen LogP contribution in [0.4, 0.5) is 0 Å². The average molecular weight is 705 g/mol. The topological polar surface area (TPSA) is 30.0 Å². The molecule has 14 heteroatoms. The monoisotopic (exact) mass is 706 g/mol. The van der Waals surface area contributed by atoms with Crippen LogP contribution in [0.3, 0.4) is 0 Å². The molecule has 0 aliphatic rings. The molecule has 200 valence electrons. The molecule has 0 saturated carbocycles. The van der Waals surface area contributed by atoms with Crippen LogP contribution in [0.5, 0.6) is 0 Å². The number of thiocarbonyl (C=S) groups is 4. The molecule has 0 aromatic heterocycles. The molecule has 0 atom stereocenters. The van der Waals surface area contributed by atoms with Gasteiger partial charge in [-0.25, -0.2) is 0 Å².